The molecule has 0 saturated carbocycles. The zero-order chi connectivity index (χ0) is 21.9. The van der Waals surface area contributed by atoms with Crippen LogP contribution in [0.15, 0.2) is 81.7 Å². The average molecular weight is 462 g/mol. The molecule has 0 saturated heterocycles. The van der Waals surface area contributed by atoms with Crippen LogP contribution in [0.4, 0.5) is 0 Å². The number of rotatable bonds is 7. The van der Waals surface area contributed by atoms with Crippen LogP contribution in [0, 0.1) is 0 Å². The van der Waals surface area contributed by atoms with Gasteiger partial charge in [-0.05, 0) is 42.6 Å². The standard InChI is InChI=1S/C23H19N5O2S2/c1-15(21-25-26-22(30-21)19-12-7-13-31-19)32-23-27-24-20(16-8-6-11-18(14-16)29-2)28(23)17-9-4-3-5-10-17/h3-15H,1-2H3. The predicted molar refractivity (Wildman–Crippen MR) is 125 cm³/mol. The van der Waals surface area contributed by atoms with Crippen molar-refractivity contribution in [3.05, 3.63) is 78.0 Å². The fraction of sp³-hybridized carbons (Fsp3) is 0.130. The van der Waals surface area contributed by atoms with Crippen molar-refractivity contribution in [1.82, 2.24) is 25.0 Å². The third-order valence-corrected chi connectivity index (χ3v) is 6.67. The number of nitrogens with zero attached hydrogens (tertiary/aromatic N) is 5. The molecule has 0 aliphatic rings. The van der Waals surface area contributed by atoms with Gasteiger partial charge in [0.15, 0.2) is 11.0 Å². The molecule has 0 radical (unpaired) electrons. The number of thiophene rings is 1. The van der Waals surface area contributed by atoms with Gasteiger partial charge in [0.05, 0.1) is 17.2 Å². The highest BCUT2D eigenvalue weighted by Crippen LogP contribution is 2.38. The maximum atomic E-state index is 5.92. The van der Waals surface area contributed by atoms with Crippen LogP contribution in [-0.4, -0.2) is 32.1 Å². The Hall–Kier alpha value is -3.43. The van der Waals surface area contributed by atoms with Gasteiger partial charge < -0.3 is 9.15 Å². The Labute approximate surface area is 193 Å². The topological polar surface area (TPSA) is 78.9 Å². The Morgan fingerprint density at radius 2 is 1.84 bits per heavy atom. The molecule has 1 atom stereocenters. The second-order valence-electron chi connectivity index (χ2n) is 6.89. The molecule has 3 aromatic heterocycles. The number of aromatic nitrogens is 5. The van der Waals surface area contributed by atoms with Crippen molar-refractivity contribution in [3.63, 3.8) is 0 Å². The monoisotopic (exact) mass is 461 g/mol. The van der Waals surface area contributed by atoms with Crippen molar-refractivity contribution < 1.29 is 9.15 Å². The molecule has 1 unspecified atom stereocenters. The number of para-hydroxylation sites is 1. The molecule has 9 heteroatoms. The zero-order valence-electron chi connectivity index (χ0n) is 17.4. The molecular formula is C23H19N5O2S2. The van der Waals surface area contributed by atoms with E-state index < -0.39 is 0 Å². The molecule has 32 heavy (non-hydrogen) atoms. The molecule has 0 N–H and O–H groups in total. The Morgan fingerprint density at radius 1 is 0.969 bits per heavy atom. The van der Waals surface area contributed by atoms with E-state index in [0.717, 1.165) is 32.9 Å². The Morgan fingerprint density at radius 3 is 2.62 bits per heavy atom. The smallest absolute Gasteiger partial charge is 0.257 e. The van der Waals surface area contributed by atoms with Crippen LogP contribution in [0.1, 0.15) is 18.1 Å². The normalized spacial score (nSPS) is 12.1. The van der Waals surface area contributed by atoms with Crippen molar-refractivity contribution in [2.45, 2.75) is 17.3 Å². The van der Waals surface area contributed by atoms with E-state index in [0.29, 0.717) is 11.8 Å². The predicted octanol–water partition coefficient (Wildman–Crippen LogP) is 5.91. The molecule has 0 aliphatic heterocycles. The molecule has 0 aliphatic carbocycles. The average Bonchev–Trinajstić information content (AvgIpc) is 3.60. The number of ether oxygens (including phenoxy) is 1. The first-order valence-corrected chi connectivity index (χ1v) is 11.7. The molecule has 0 spiro atoms. The van der Waals surface area contributed by atoms with Crippen molar-refractivity contribution in [2.24, 2.45) is 0 Å². The summed E-state index contributed by atoms with van der Waals surface area (Å²) in [5, 5.41) is 20.1. The van der Waals surface area contributed by atoms with Crippen molar-refractivity contribution in [3.8, 4) is 33.6 Å². The third-order valence-electron chi connectivity index (χ3n) is 4.78. The maximum absolute atomic E-state index is 5.92. The van der Waals surface area contributed by atoms with E-state index in [1.54, 1.807) is 18.4 Å². The van der Waals surface area contributed by atoms with Crippen LogP contribution in [0.25, 0.3) is 27.8 Å². The van der Waals surface area contributed by atoms with Crippen molar-refractivity contribution >= 4 is 23.1 Å². The summed E-state index contributed by atoms with van der Waals surface area (Å²) in [4.78, 5) is 0.953. The number of hydrogen-bond acceptors (Lipinski definition) is 8. The Balaban J connectivity index is 1.50. The number of thioether (sulfide) groups is 1. The fourth-order valence-electron chi connectivity index (χ4n) is 3.21. The molecule has 5 rings (SSSR count). The van der Waals surface area contributed by atoms with Gasteiger partial charge in [-0.2, -0.15) is 0 Å². The van der Waals surface area contributed by atoms with Gasteiger partial charge >= 0.3 is 0 Å². The van der Waals surface area contributed by atoms with Gasteiger partial charge in [0, 0.05) is 11.3 Å². The molecule has 7 nitrogen and oxygen atoms in total. The SMILES string of the molecule is COc1cccc(-c2nnc(SC(C)c3nnc(-c4cccs4)o3)n2-c2ccccc2)c1. The van der Waals surface area contributed by atoms with E-state index in [4.69, 9.17) is 9.15 Å². The summed E-state index contributed by atoms with van der Waals surface area (Å²) in [6.07, 6.45) is 0. The molecule has 0 amide bonds. The van der Waals surface area contributed by atoms with Gasteiger partial charge in [-0.25, -0.2) is 0 Å². The van der Waals surface area contributed by atoms with Gasteiger partial charge in [0.2, 0.25) is 5.89 Å². The summed E-state index contributed by atoms with van der Waals surface area (Å²) in [5.74, 6) is 2.57. The van der Waals surface area contributed by atoms with Crippen LogP contribution in [-0.2, 0) is 0 Å². The lowest BCUT2D eigenvalue weighted by atomic mass is 10.2. The lowest BCUT2D eigenvalue weighted by Gasteiger charge is -2.12. The van der Waals surface area contributed by atoms with Gasteiger partial charge in [0.25, 0.3) is 5.89 Å². The molecule has 3 heterocycles. The zero-order valence-corrected chi connectivity index (χ0v) is 19.0. The second kappa shape index (κ2) is 8.97. The van der Waals surface area contributed by atoms with Gasteiger partial charge in [0.1, 0.15) is 5.75 Å². The molecule has 2 aromatic carbocycles. The third kappa shape index (κ3) is 4.04. The molecular weight excluding hydrogens is 442 g/mol. The minimum Gasteiger partial charge on any atom is -0.497 e. The minimum absolute atomic E-state index is 0.110. The van der Waals surface area contributed by atoms with Crippen LogP contribution in [0.2, 0.25) is 0 Å². The van der Waals surface area contributed by atoms with Crippen LogP contribution >= 0.6 is 23.1 Å². The number of hydrogen-bond donors (Lipinski definition) is 0. The summed E-state index contributed by atoms with van der Waals surface area (Å²) in [5.41, 5.74) is 1.88. The second-order valence-corrected chi connectivity index (χ2v) is 9.15. The highest BCUT2D eigenvalue weighted by atomic mass is 32.2. The Kier molecular flexibility index (Phi) is 5.74. The van der Waals surface area contributed by atoms with E-state index in [1.807, 2.05) is 83.6 Å². The first-order valence-electron chi connectivity index (χ1n) is 9.92. The van der Waals surface area contributed by atoms with Gasteiger partial charge in [-0.1, -0.05) is 48.2 Å². The first-order chi connectivity index (χ1) is 15.7. The first kappa shape index (κ1) is 20.5. The Bertz CT molecular complexity index is 1320. The fourth-order valence-corrected chi connectivity index (χ4v) is 4.75. The largest absolute Gasteiger partial charge is 0.497 e. The summed E-state index contributed by atoms with van der Waals surface area (Å²) >= 11 is 3.09. The molecule has 5 aromatic rings. The van der Waals surface area contributed by atoms with E-state index in [2.05, 4.69) is 20.4 Å². The minimum atomic E-state index is -0.110. The summed E-state index contributed by atoms with van der Waals surface area (Å²) in [7, 11) is 1.65. The number of benzene rings is 2. The van der Waals surface area contributed by atoms with Crippen molar-refractivity contribution in [2.75, 3.05) is 7.11 Å². The summed E-state index contributed by atoms with van der Waals surface area (Å²) < 4.78 is 13.4. The highest BCUT2D eigenvalue weighted by Gasteiger charge is 2.22. The quantitative estimate of drug-likeness (QED) is 0.279. The van der Waals surface area contributed by atoms with Crippen LogP contribution in [0.3, 0.4) is 0 Å². The van der Waals surface area contributed by atoms with E-state index >= 15 is 0 Å². The van der Waals surface area contributed by atoms with E-state index in [9.17, 15) is 0 Å². The van der Waals surface area contributed by atoms with Gasteiger partial charge in [-0.15, -0.1) is 31.7 Å². The van der Waals surface area contributed by atoms with Gasteiger partial charge in [-0.3, -0.25) is 4.57 Å². The molecule has 160 valence electrons. The van der Waals surface area contributed by atoms with E-state index in [1.165, 1.54) is 11.8 Å². The van der Waals surface area contributed by atoms with E-state index in [-0.39, 0.29) is 5.25 Å². The molecule has 0 fully saturated rings. The van der Waals surface area contributed by atoms with Crippen LogP contribution < -0.4 is 4.74 Å². The summed E-state index contributed by atoms with van der Waals surface area (Å²) in [6.45, 7) is 2.02. The van der Waals surface area contributed by atoms with Crippen molar-refractivity contribution in [1.29, 1.82) is 0 Å². The lowest BCUT2D eigenvalue weighted by Crippen LogP contribution is -2.01. The maximum Gasteiger partial charge on any atom is 0.257 e. The van der Waals surface area contributed by atoms with Crippen LogP contribution in [0.5, 0.6) is 5.75 Å². The molecule has 0 bridgehead atoms. The lowest BCUT2D eigenvalue weighted by molar-refractivity contribution is 0.415. The highest BCUT2D eigenvalue weighted by molar-refractivity contribution is 7.99. The number of methoxy groups -OCH3 is 1. The summed E-state index contributed by atoms with van der Waals surface area (Å²) in [6, 6.07) is 21.8.